The van der Waals surface area contributed by atoms with Gasteiger partial charge in [-0.15, -0.1) is 0 Å². The molecule has 1 aromatic heterocycles. The van der Waals surface area contributed by atoms with Crippen molar-refractivity contribution in [2.75, 3.05) is 0 Å². The SMILES string of the molecule is CCc1[nH]c2cc(F)c(Br)cc2c(=O)c1C. The van der Waals surface area contributed by atoms with Gasteiger partial charge in [-0.3, -0.25) is 4.79 Å². The van der Waals surface area contributed by atoms with E-state index in [0.29, 0.717) is 20.9 Å². The molecule has 1 N–H and O–H groups in total. The maximum atomic E-state index is 13.3. The monoisotopic (exact) mass is 283 g/mol. The number of aromatic nitrogens is 1. The first-order chi connectivity index (χ1) is 7.54. The van der Waals surface area contributed by atoms with E-state index in [0.717, 1.165) is 12.1 Å². The molecule has 0 bridgehead atoms. The fourth-order valence-electron chi connectivity index (χ4n) is 1.79. The molecule has 0 unspecified atom stereocenters. The van der Waals surface area contributed by atoms with Crippen molar-refractivity contribution in [2.45, 2.75) is 20.3 Å². The highest BCUT2D eigenvalue weighted by atomic mass is 79.9. The number of fused-ring (bicyclic) bond motifs is 1. The first kappa shape index (κ1) is 11.3. The fraction of sp³-hybridized carbons (Fsp3) is 0.250. The highest BCUT2D eigenvalue weighted by Gasteiger charge is 2.09. The summed E-state index contributed by atoms with van der Waals surface area (Å²) in [7, 11) is 0. The fourth-order valence-corrected chi connectivity index (χ4v) is 2.13. The van der Waals surface area contributed by atoms with Crippen LogP contribution in [0.3, 0.4) is 0 Å². The minimum Gasteiger partial charge on any atom is -0.358 e. The quantitative estimate of drug-likeness (QED) is 0.856. The second-order valence-electron chi connectivity index (χ2n) is 3.72. The molecule has 0 aliphatic rings. The summed E-state index contributed by atoms with van der Waals surface area (Å²) in [4.78, 5) is 15.1. The summed E-state index contributed by atoms with van der Waals surface area (Å²) in [5.41, 5.74) is 2.08. The molecule has 4 heteroatoms. The van der Waals surface area contributed by atoms with Gasteiger partial charge in [0.05, 0.1) is 9.99 Å². The second kappa shape index (κ2) is 4.01. The van der Waals surface area contributed by atoms with Gasteiger partial charge in [0, 0.05) is 16.6 Å². The van der Waals surface area contributed by atoms with E-state index in [1.807, 2.05) is 6.92 Å². The third-order valence-electron chi connectivity index (χ3n) is 2.74. The third-order valence-corrected chi connectivity index (χ3v) is 3.35. The maximum Gasteiger partial charge on any atom is 0.192 e. The molecule has 0 amide bonds. The Morgan fingerprint density at radius 3 is 2.75 bits per heavy atom. The van der Waals surface area contributed by atoms with E-state index >= 15 is 0 Å². The molecule has 1 heterocycles. The molecule has 0 atom stereocenters. The van der Waals surface area contributed by atoms with Gasteiger partial charge in [0.15, 0.2) is 5.43 Å². The van der Waals surface area contributed by atoms with Crippen LogP contribution in [-0.4, -0.2) is 4.98 Å². The number of aryl methyl sites for hydroxylation is 1. The van der Waals surface area contributed by atoms with Crippen LogP contribution in [-0.2, 0) is 6.42 Å². The minimum absolute atomic E-state index is 0.0358. The number of H-pyrrole nitrogens is 1. The summed E-state index contributed by atoms with van der Waals surface area (Å²) in [6.45, 7) is 3.74. The standard InChI is InChI=1S/C12H11BrFNO/c1-3-10-6(2)12(16)7-4-8(13)9(14)5-11(7)15-10/h4-5H,3H2,1-2H3,(H,15,16). The van der Waals surface area contributed by atoms with Crippen molar-refractivity contribution in [3.05, 3.63) is 43.9 Å². The van der Waals surface area contributed by atoms with Crippen LogP contribution in [0.2, 0.25) is 0 Å². The van der Waals surface area contributed by atoms with E-state index in [1.54, 1.807) is 6.92 Å². The normalized spacial score (nSPS) is 11.0. The van der Waals surface area contributed by atoms with Gasteiger partial charge < -0.3 is 4.98 Å². The van der Waals surface area contributed by atoms with Crippen molar-refractivity contribution in [3.8, 4) is 0 Å². The summed E-state index contributed by atoms with van der Waals surface area (Å²) < 4.78 is 13.7. The Morgan fingerprint density at radius 1 is 1.44 bits per heavy atom. The molecule has 0 radical (unpaired) electrons. The zero-order chi connectivity index (χ0) is 11.9. The Balaban J connectivity index is 2.93. The van der Waals surface area contributed by atoms with E-state index in [2.05, 4.69) is 20.9 Å². The molecule has 0 aliphatic heterocycles. The Labute approximate surface area is 101 Å². The predicted molar refractivity (Wildman–Crippen MR) is 66.3 cm³/mol. The van der Waals surface area contributed by atoms with Gasteiger partial charge in [-0.1, -0.05) is 6.92 Å². The molecule has 84 valence electrons. The van der Waals surface area contributed by atoms with Gasteiger partial charge in [-0.25, -0.2) is 4.39 Å². The van der Waals surface area contributed by atoms with Gasteiger partial charge >= 0.3 is 0 Å². The van der Waals surface area contributed by atoms with Crippen molar-refractivity contribution >= 4 is 26.8 Å². The lowest BCUT2D eigenvalue weighted by molar-refractivity contribution is 0.622. The van der Waals surface area contributed by atoms with E-state index in [1.165, 1.54) is 12.1 Å². The van der Waals surface area contributed by atoms with Gasteiger partial charge in [0.25, 0.3) is 0 Å². The average Bonchev–Trinajstić information content (AvgIpc) is 2.26. The van der Waals surface area contributed by atoms with Gasteiger partial charge in [0.1, 0.15) is 5.82 Å². The van der Waals surface area contributed by atoms with Crippen molar-refractivity contribution in [1.82, 2.24) is 4.98 Å². The maximum absolute atomic E-state index is 13.3. The highest BCUT2D eigenvalue weighted by Crippen LogP contribution is 2.21. The Hall–Kier alpha value is -1.16. The third kappa shape index (κ3) is 1.67. The zero-order valence-electron chi connectivity index (χ0n) is 9.03. The first-order valence-electron chi connectivity index (χ1n) is 5.05. The van der Waals surface area contributed by atoms with Crippen molar-refractivity contribution in [2.24, 2.45) is 0 Å². The van der Waals surface area contributed by atoms with Crippen LogP contribution in [0, 0.1) is 12.7 Å². The molecule has 2 rings (SSSR count). The van der Waals surface area contributed by atoms with E-state index < -0.39 is 0 Å². The zero-order valence-corrected chi connectivity index (χ0v) is 10.6. The van der Waals surface area contributed by atoms with Crippen LogP contribution in [0.15, 0.2) is 21.4 Å². The smallest absolute Gasteiger partial charge is 0.192 e. The molecule has 0 aliphatic carbocycles. The highest BCUT2D eigenvalue weighted by molar-refractivity contribution is 9.10. The lowest BCUT2D eigenvalue weighted by Gasteiger charge is -2.07. The number of halogens is 2. The summed E-state index contributed by atoms with van der Waals surface area (Å²) in [6.07, 6.45) is 0.731. The number of hydrogen-bond donors (Lipinski definition) is 1. The lowest BCUT2D eigenvalue weighted by atomic mass is 10.1. The predicted octanol–water partition coefficient (Wildman–Crippen LogP) is 3.30. The number of aromatic amines is 1. The Kier molecular flexibility index (Phi) is 2.84. The van der Waals surface area contributed by atoms with E-state index in [-0.39, 0.29) is 11.2 Å². The molecule has 2 aromatic rings. The first-order valence-corrected chi connectivity index (χ1v) is 5.84. The molecule has 1 aromatic carbocycles. The largest absolute Gasteiger partial charge is 0.358 e. The Bertz CT molecular complexity index is 618. The van der Waals surface area contributed by atoms with Crippen molar-refractivity contribution in [3.63, 3.8) is 0 Å². The van der Waals surface area contributed by atoms with Crippen LogP contribution < -0.4 is 5.43 Å². The second-order valence-corrected chi connectivity index (χ2v) is 4.58. The van der Waals surface area contributed by atoms with Gasteiger partial charge in [-0.2, -0.15) is 0 Å². The molecule has 0 saturated heterocycles. The summed E-state index contributed by atoms with van der Waals surface area (Å²) >= 11 is 3.08. The summed E-state index contributed by atoms with van der Waals surface area (Å²) in [5.74, 6) is -0.367. The van der Waals surface area contributed by atoms with E-state index in [4.69, 9.17) is 0 Å². The summed E-state index contributed by atoms with van der Waals surface area (Å²) in [5, 5.41) is 0.517. The van der Waals surface area contributed by atoms with Crippen LogP contribution >= 0.6 is 15.9 Å². The lowest BCUT2D eigenvalue weighted by Crippen LogP contribution is -2.11. The minimum atomic E-state index is -0.367. The molecule has 16 heavy (non-hydrogen) atoms. The number of hydrogen-bond acceptors (Lipinski definition) is 1. The molecule has 0 saturated carbocycles. The summed E-state index contributed by atoms with van der Waals surface area (Å²) in [6, 6.07) is 2.87. The molecule has 2 nitrogen and oxygen atoms in total. The number of benzene rings is 1. The number of pyridine rings is 1. The van der Waals surface area contributed by atoms with Crippen molar-refractivity contribution in [1.29, 1.82) is 0 Å². The van der Waals surface area contributed by atoms with Crippen LogP contribution in [0.1, 0.15) is 18.2 Å². The van der Waals surface area contributed by atoms with Gasteiger partial charge in [0.2, 0.25) is 0 Å². The van der Waals surface area contributed by atoms with Crippen LogP contribution in [0.4, 0.5) is 4.39 Å². The molecule has 0 fully saturated rings. The average molecular weight is 284 g/mol. The molecular weight excluding hydrogens is 273 g/mol. The van der Waals surface area contributed by atoms with Crippen LogP contribution in [0.5, 0.6) is 0 Å². The molecule has 0 spiro atoms. The van der Waals surface area contributed by atoms with Crippen molar-refractivity contribution < 1.29 is 4.39 Å². The van der Waals surface area contributed by atoms with Crippen LogP contribution in [0.25, 0.3) is 10.9 Å². The number of nitrogens with one attached hydrogen (secondary N) is 1. The number of rotatable bonds is 1. The molecular formula is C12H11BrFNO. The van der Waals surface area contributed by atoms with Gasteiger partial charge in [-0.05, 0) is 41.4 Å². The van der Waals surface area contributed by atoms with E-state index in [9.17, 15) is 9.18 Å². The Morgan fingerprint density at radius 2 is 2.12 bits per heavy atom. The topological polar surface area (TPSA) is 32.9 Å².